The third-order valence-electron chi connectivity index (χ3n) is 4.26. The van der Waals surface area contributed by atoms with Crippen LogP contribution in [0.2, 0.25) is 0 Å². The van der Waals surface area contributed by atoms with Crippen LogP contribution in [-0.4, -0.2) is 20.0 Å². The summed E-state index contributed by atoms with van der Waals surface area (Å²) in [6, 6.07) is 16.3. The van der Waals surface area contributed by atoms with Crippen molar-refractivity contribution in [2.45, 2.75) is 27.7 Å². The van der Waals surface area contributed by atoms with Crippen molar-refractivity contribution >= 4 is 15.6 Å². The second-order valence-electron chi connectivity index (χ2n) is 7.16. The van der Waals surface area contributed by atoms with E-state index in [1.54, 1.807) is 70.2 Å². The Labute approximate surface area is 192 Å². The minimum atomic E-state index is -5.13. The van der Waals surface area contributed by atoms with E-state index in [-0.39, 0.29) is 23.0 Å². The molecule has 0 aliphatic heterocycles. The SMILES string of the molecule is Cc1cccc(C)c1OP(=O)(Oc1c(C)cccc1C)OP(=O)(O)O.Oc1cccc(O)c1. The number of phosphoric ester groups is 1. The summed E-state index contributed by atoms with van der Waals surface area (Å²) >= 11 is 0. The average Bonchev–Trinajstić information content (AvgIpc) is 2.67. The summed E-state index contributed by atoms with van der Waals surface area (Å²) < 4.78 is 39.5. The highest BCUT2D eigenvalue weighted by atomic mass is 31.3. The van der Waals surface area contributed by atoms with Gasteiger partial charge in [-0.25, -0.2) is 9.13 Å². The number of aromatic hydroxyl groups is 2. The zero-order valence-electron chi connectivity index (χ0n) is 18.5. The molecule has 0 amide bonds. The first-order valence-electron chi connectivity index (χ1n) is 9.66. The lowest BCUT2D eigenvalue weighted by atomic mass is 10.1. The maximum atomic E-state index is 13.0. The van der Waals surface area contributed by atoms with E-state index in [9.17, 15) is 9.13 Å². The number of hydrogen-bond acceptors (Lipinski definition) is 7. The van der Waals surface area contributed by atoms with Crippen LogP contribution in [0, 0.1) is 27.7 Å². The Morgan fingerprint density at radius 2 is 0.970 bits per heavy atom. The van der Waals surface area contributed by atoms with Crippen LogP contribution in [-0.2, 0) is 13.4 Å². The summed E-state index contributed by atoms with van der Waals surface area (Å²) in [5, 5.41) is 17.3. The highest BCUT2D eigenvalue weighted by Crippen LogP contribution is 2.61. The largest absolute Gasteiger partial charge is 0.596 e. The van der Waals surface area contributed by atoms with Crippen LogP contribution in [0.15, 0.2) is 60.7 Å². The lowest BCUT2D eigenvalue weighted by Gasteiger charge is -2.22. The maximum Gasteiger partial charge on any atom is 0.596 e. The minimum Gasteiger partial charge on any atom is -0.508 e. The number of benzene rings is 3. The molecule has 0 fully saturated rings. The van der Waals surface area contributed by atoms with Crippen LogP contribution in [0.4, 0.5) is 0 Å². The molecule has 3 aromatic rings. The molecule has 3 aromatic carbocycles. The van der Waals surface area contributed by atoms with Crippen molar-refractivity contribution in [3.63, 3.8) is 0 Å². The first kappa shape index (κ1) is 26.5. The first-order valence-corrected chi connectivity index (χ1v) is 12.7. The quantitative estimate of drug-likeness (QED) is 0.316. The van der Waals surface area contributed by atoms with Gasteiger partial charge >= 0.3 is 15.6 Å². The Morgan fingerprint density at radius 1 is 0.636 bits per heavy atom. The first-order chi connectivity index (χ1) is 15.3. The normalized spacial score (nSPS) is 11.3. The number of rotatable bonds is 6. The molecule has 178 valence electrons. The van der Waals surface area contributed by atoms with Crippen LogP contribution in [0.1, 0.15) is 22.3 Å². The Hall–Kier alpha value is -2.80. The van der Waals surface area contributed by atoms with E-state index in [4.69, 9.17) is 29.0 Å². The molecular weight excluding hydrogens is 470 g/mol. The summed E-state index contributed by atoms with van der Waals surface area (Å²) in [7, 11) is -9.79. The zero-order valence-corrected chi connectivity index (χ0v) is 20.3. The van der Waals surface area contributed by atoms with Crippen molar-refractivity contribution in [2.24, 2.45) is 0 Å². The Morgan fingerprint density at radius 3 is 1.24 bits per heavy atom. The lowest BCUT2D eigenvalue weighted by molar-refractivity contribution is 0.232. The van der Waals surface area contributed by atoms with E-state index in [0.717, 1.165) is 0 Å². The maximum absolute atomic E-state index is 13.0. The molecule has 0 saturated heterocycles. The minimum absolute atomic E-state index is 0.0880. The molecule has 0 aliphatic carbocycles. The standard InChI is InChI=1S/C16H20O7P2.C6H6O2/c1-11-7-5-8-12(2)15(11)21-25(20,23-24(17,18)19)22-16-13(3)9-6-10-14(16)4;7-5-2-1-3-6(8)4-5/h5-10H,1-4H3,(H2,17,18,19);1-4,7-8H. The smallest absolute Gasteiger partial charge is 0.508 e. The molecule has 0 spiro atoms. The molecule has 0 aromatic heterocycles. The lowest BCUT2D eigenvalue weighted by Crippen LogP contribution is -2.07. The molecule has 0 bridgehead atoms. The molecular formula is C22H26O9P2. The number of hydrogen-bond donors (Lipinski definition) is 4. The molecule has 0 unspecified atom stereocenters. The summed E-state index contributed by atoms with van der Waals surface area (Å²) in [6.45, 7) is 6.85. The molecule has 0 atom stereocenters. The summed E-state index contributed by atoms with van der Waals surface area (Å²) in [6.07, 6.45) is 0. The Bertz CT molecular complexity index is 1090. The Balaban J connectivity index is 0.000000405. The Kier molecular flexibility index (Phi) is 8.72. The molecule has 33 heavy (non-hydrogen) atoms. The fourth-order valence-electron chi connectivity index (χ4n) is 2.79. The van der Waals surface area contributed by atoms with Gasteiger partial charge in [0.15, 0.2) is 0 Å². The number of phosphoric acid groups is 2. The molecule has 0 aliphatic rings. The van der Waals surface area contributed by atoms with E-state index >= 15 is 0 Å². The third kappa shape index (κ3) is 8.24. The van der Waals surface area contributed by atoms with Gasteiger partial charge in [-0.05, 0) is 62.1 Å². The van der Waals surface area contributed by atoms with Crippen LogP contribution in [0.5, 0.6) is 23.0 Å². The zero-order chi connectivity index (χ0) is 24.8. The fraction of sp³-hybridized carbons (Fsp3) is 0.182. The second-order valence-corrected chi connectivity index (χ2v) is 10.1. The van der Waals surface area contributed by atoms with Crippen molar-refractivity contribution in [3.8, 4) is 23.0 Å². The highest BCUT2D eigenvalue weighted by molar-refractivity contribution is 7.61. The van der Waals surface area contributed by atoms with Crippen molar-refractivity contribution in [2.75, 3.05) is 0 Å². The van der Waals surface area contributed by atoms with Gasteiger partial charge in [-0.3, -0.25) is 0 Å². The predicted molar refractivity (Wildman–Crippen MR) is 124 cm³/mol. The van der Waals surface area contributed by atoms with Gasteiger partial charge < -0.3 is 29.0 Å². The van der Waals surface area contributed by atoms with Crippen LogP contribution < -0.4 is 9.05 Å². The monoisotopic (exact) mass is 496 g/mol. The van der Waals surface area contributed by atoms with Crippen molar-refractivity contribution < 1.29 is 42.5 Å². The van der Waals surface area contributed by atoms with Crippen molar-refractivity contribution in [3.05, 3.63) is 82.9 Å². The summed E-state index contributed by atoms with van der Waals surface area (Å²) in [4.78, 5) is 18.3. The molecule has 11 heteroatoms. The van der Waals surface area contributed by atoms with Gasteiger partial charge in [0.25, 0.3) is 0 Å². The van der Waals surface area contributed by atoms with E-state index in [1.165, 1.54) is 18.2 Å². The van der Waals surface area contributed by atoms with Crippen LogP contribution in [0.3, 0.4) is 0 Å². The van der Waals surface area contributed by atoms with Crippen LogP contribution >= 0.6 is 15.6 Å². The molecule has 3 rings (SSSR count). The van der Waals surface area contributed by atoms with E-state index in [2.05, 4.69) is 4.31 Å². The van der Waals surface area contributed by atoms with E-state index in [1.807, 2.05) is 0 Å². The van der Waals surface area contributed by atoms with Gasteiger partial charge in [-0.2, -0.15) is 4.31 Å². The van der Waals surface area contributed by atoms with Gasteiger partial charge in [0.1, 0.15) is 23.0 Å². The van der Waals surface area contributed by atoms with Gasteiger partial charge in [0, 0.05) is 6.07 Å². The summed E-state index contributed by atoms with van der Waals surface area (Å²) in [5.41, 5.74) is 2.50. The summed E-state index contributed by atoms with van der Waals surface area (Å²) in [5.74, 6) is 0.547. The number of para-hydroxylation sites is 2. The van der Waals surface area contributed by atoms with Gasteiger partial charge in [-0.1, -0.05) is 42.5 Å². The van der Waals surface area contributed by atoms with Gasteiger partial charge in [0.2, 0.25) is 0 Å². The molecule has 0 saturated carbocycles. The average molecular weight is 496 g/mol. The molecule has 4 N–H and O–H groups in total. The third-order valence-corrected chi connectivity index (χ3v) is 6.72. The van der Waals surface area contributed by atoms with Gasteiger partial charge in [-0.15, -0.1) is 0 Å². The molecule has 9 nitrogen and oxygen atoms in total. The van der Waals surface area contributed by atoms with E-state index in [0.29, 0.717) is 22.3 Å². The number of phenolic OH excluding ortho intramolecular Hbond substituents is 2. The van der Waals surface area contributed by atoms with Crippen molar-refractivity contribution in [1.82, 2.24) is 0 Å². The highest BCUT2D eigenvalue weighted by Gasteiger charge is 2.40. The molecule has 0 heterocycles. The van der Waals surface area contributed by atoms with Crippen LogP contribution in [0.25, 0.3) is 0 Å². The predicted octanol–water partition coefficient (Wildman–Crippen LogP) is 5.69. The topological polar surface area (TPSA) is 143 Å². The van der Waals surface area contributed by atoms with Crippen molar-refractivity contribution in [1.29, 1.82) is 0 Å². The second kappa shape index (κ2) is 10.9. The fourth-order valence-corrected chi connectivity index (χ4v) is 5.15. The number of phenols is 2. The molecule has 0 radical (unpaired) electrons. The van der Waals surface area contributed by atoms with E-state index < -0.39 is 15.6 Å². The number of aryl methyl sites for hydroxylation is 4. The van der Waals surface area contributed by atoms with Gasteiger partial charge in [0.05, 0.1) is 0 Å².